The number of halogens is 2. The van der Waals surface area contributed by atoms with Gasteiger partial charge in [0, 0.05) is 17.1 Å². The minimum absolute atomic E-state index is 0.0117. The Morgan fingerprint density at radius 2 is 2.14 bits per heavy atom. The molecule has 2 aromatic carbocycles. The number of nitriles is 1. The SMILES string of the molecule is CNCc1c(Cl)cccc1OCc1ccc(F)c(C#N)c1. The van der Waals surface area contributed by atoms with E-state index in [4.69, 9.17) is 21.6 Å². The van der Waals surface area contributed by atoms with Crippen molar-refractivity contribution in [3.05, 3.63) is 63.9 Å². The predicted octanol–water partition coefficient (Wildman–Crippen LogP) is 3.65. The number of hydrogen-bond donors (Lipinski definition) is 1. The molecule has 3 nitrogen and oxygen atoms in total. The van der Waals surface area contributed by atoms with Crippen molar-refractivity contribution in [1.82, 2.24) is 5.32 Å². The third kappa shape index (κ3) is 3.72. The first kappa shape index (κ1) is 15.3. The van der Waals surface area contributed by atoms with Crippen LogP contribution in [0, 0.1) is 17.1 Å². The number of benzene rings is 2. The normalized spacial score (nSPS) is 10.2. The van der Waals surface area contributed by atoms with E-state index in [1.807, 2.05) is 25.2 Å². The summed E-state index contributed by atoms with van der Waals surface area (Å²) in [6.07, 6.45) is 0. The van der Waals surface area contributed by atoms with E-state index in [-0.39, 0.29) is 12.2 Å². The molecule has 0 bridgehead atoms. The van der Waals surface area contributed by atoms with Gasteiger partial charge in [-0.1, -0.05) is 23.7 Å². The summed E-state index contributed by atoms with van der Waals surface area (Å²) in [5, 5.41) is 12.5. The average molecular weight is 305 g/mol. The molecule has 0 amide bonds. The Kier molecular flexibility index (Phi) is 5.15. The molecule has 0 heterocycles. The molecule has 0 fully saturated rings. The van der Waals surface area contributed by atoms with E-state index < -0.39 is 5.82 Å². The highest BCUT2D eigenvalue weighted by Gasteiger charge is 2.08. The van der Waals surface area contributed by atoms with Crippen LogP contribution in [0.3, 0.4) is 0 Å². The van der Waals surface area contributed by atoms with Gasteiger partial charge in [-0.05, 0) is 36.9 Å². The fourth-order valence-corrected chi connectivity index (χ4v) is 2.16. The van der Waals surface area contributed by atoms with Crippen molar-refractivity contribution < 1.29 is 9.13 Å². The molecule has 21 heavy (non-hydrogen) atoms. The Labute approximate surface area is 127 Å². The van der Waals surface area contributed by atoms with Crippen molar-refractivity contribution >= 4 is 11.6 Å². The number of nitrogens with zero attached hydrogens (tertiary/aromatic N) is 1. The third-order valence-electron chi connectivity index (χ3n) is 2.97. The van der Waals surface area contributed by atoms with Crippen LogP contribution in [0.15, 0.2) is 36.4 Å². The Bertz CT molecular complexity index is 682. The van der Waals surface area contributed by atoms with Gasteiger partial charge in [0.15, 0.2) is 0 Å². The summed E-state index contributed by atoms with van der Waals surface area (Å²) in [6, 6.07) is 11.6. The van der Waals surface area contributed by atoms with Crippen LogP contribution in [-0.4, -0.2) is 7.05 Å². The second-order valence-corrected chi connectivity index (χ2v) is 4.87. The molecule has 0 aliphatic heterocycles. The molecule has 2 rings (SSSR count). The summed E-state index contributed by atoms with van der Waals surface area (Å²) in [5.41, 5.74) is 1.60. The van der Waals surface area contributed by atoms with Gasteiger partial charge < -0.3 is 10.1 Å². The van der Waals surface area contributed by atoms with Crippen LogP contribution >= 0.6 is 11.6 Å². The Morgan fingerprint density at radius 1 is 1.33 bits per heavy atom. The molecule has 2 aromatic rings. The van der Waals surface area contributed by atoms with Gasteiger partial charge in [0.2, 0.25) is 0 Å². The van der Waals surface area contributed by atoms with Gasteiger partial charge in [-0.2, -0.15) is 5.26 Å². The lowest BCUT2D eigenvalue weighted by Crippen LogP contribution is -2.08. The fourth-order valence-electron chi connectivity index (χ4n) is 1.93. The number of hydrogen-bond acceptors (Lipinski definition) is 3. The summed E-state index contributed by atoms with van der Waals surface area (Å²) >= 11 is 6.15. The fraction of sp³-hybridized carbons (Fsp3) is 0.188. The van der Waals surface area contributed by atoms with Gasteiger partial charge in [0.05, 0.1) is 5.56 Å². The van der Waals surface area contributed by atoms with E-state index in [0.29, 0.717) is 17.3 Å². The Hall–Kier alpha value is -2.09. The minimum atomic E-state index is -0.528. The lowest BCUT2D eigenvalue weighted by molar-refractivity contribution is 0.302. The molecule has 0 aliphatic carbocycles. The molecular weight excluding hydrogens is 291 g/mol. The second kappa shape index (κ2) is 7.07. The summed E-state index contributed by atoms with van der Waals surface area (Å²) in [5.74, 6) is 0.138. The van der Waals surface area contributed by atoms with E-state index in [1.165, 1.54) is 12.1 Å². The maximum Gasteiger partial charge on any atom is 0.140 e. The largest absolute Gasteiger partial charge is 0.489 e. The summed E-state index contributed by atoms with van der Waals surface area (Å²) in [7, 11) is 1.83. The Morgan fingerprint density at radius 3 is 2.86 bits per heavy atom. The third-order valence-corrected chi connectivity index (χ3v) is 3.33. The van der Waals surface area contributed by atoms with Crippen LogP contribution in [0.2, 0.25) is 5.02 Å². The van der Waals surface area contributed by atoms with Crippen LogP contribution in [0.1, 0.15) is 16.7 Å². The lowest BCUT2D eigenvalue weighted by atomic mass is 10.1. The zero-order valence-corrected chi connectivity index (χ0v) is 12.2. The first-order chi connectivity index (χ1) is 10.2. The average Bonchev–Trinajstić information content (AvgIpc) is 2.49. The van der Waals surface area contributed by atoms with E-state index in [2.05, 4.69) is 5.32 Å². The van der Waals surface area contributed by atoms with Gasteiger partial charge in [0.1, 0.15) is 24.2 Å². The van der Waals surface area contributed by atoms with Crippen molar-refractivity contribution in [3.63, 3.8) is 0 Å². The minimum Gasteiger partial charge on any atom is -0.489 e. The van der Waals surface area contributed by atoms with Gasteiger partial charge in [-0.15, -0.1) is 0 Å². The van der Waals surface area contributed by atoms with Gasteiger partial charge in [-0.3, -0.25) is 0 Å². The quantitative estimate of drug-likeness (QED) is 0.917. The van der Waals surface area contributed by atoms with Gasteiger partial charge >= 0.3 is 0 Å². The van der Waals surface area contributed by atoms with Crippen molar-refractivity contribution in [1.29, 1.82) is 5.26 Å². The van der Waals surface area contributed by atoms with Crippen molar-refractivity contribution in [2.45, 2.75) is 13.2 Å². The molecule has 0 saturated carbocycles. The molecular formula is C16H14ClFN2O. The van der Waals surface area contributed by atoms with Gasteiger partial charge in [-0.25, -0.2) is 4.39 Å². The molecule has 0 radical (unpaired) electrons. The number of nitrogens with one attached hydrogen (secondary N) is 1. The summed E-state index contributed by atoms with van der Waals surface area (Å²) < 4.78 is 19.0. The number of rotatable bonds is 5. The zero-order valence-electron chi connectivity index (χ0n) is 11.5. The van der Waals surface area contributed by atoms with Crippen molar-refractivity contribution in [2.24, 2.45) is 0 Å². The van der Waals surface area contributed by atoms with E-state index in [0.717, 1.165) is 11.1 Å². The highest BCUT2D eigenvalue weighted by atomic mass is 35.5. The molecule has 108 valence electrons. The Balaban J connectivity index is 2.17. The van der Waals surface area contributed by atoms with Crippen molar-refractivity contribution in [3.8, 4) is 11.8 Å². The van der Waals surface area contributed by atoms with E-state index >= 15 is 0 Å². The standard InChI is InChI=1S/C16H14ClFN2O/c1-20-9-13-14(17)3-2-4-16(13)21-10-11-5-6-15(18)12(7-11)8-19/h2-7,20H,9-10H2,1H3. The first-order valence-corrected chi connectivity index (χ1v) is 6.77. The lowest BCUT2D eigenvalue weighted by Gasteiger charge is -2.13. The number of ether oxygens (including phenoxy) is 1. The second-order valence-electron chi connectivity index (χ2n) is 4.46. The van der Waals surface area contributed by atoms with E-state index in [1.54, 1.807) is 12.1 Å². The topological polar surface area (TPSA) is 45.0 Å². The highest BCUT2D eigenvalue weighted by Crippen LogP contribution is 2.27. The van der Waals surface area contributed by atoms with Gasteiger partial charge in [0.25, 0.3) is 0 Å². The van der Waals surface area contributed by atoms with Crippen LogP contribution in [0.5, 0.6) is 5.75 Å². The maximum absolute atomic E-state index is 13.3. The highest BCUT2D eigenvalue weighted by molar-refractivity contribution is 6.31. The first-order valence-electron chi connectivity index (χ1n) is 6.39. The smallest absolute Gasteiger partial charge is 0.140 e. The summed E-state index contributed by atoms with van der Waals surface area (Å²) in [4.78, 5) is 0. The molecule has 1 N–H and O–H groups in total. The van der Waals surface area contributed by atoms with Crippen LogP contribution in [0.4, 0.5) is 4.39 Å². The molecule has 0 aromatic heterocycles. The van der Waals surface area contributed by atoms with Crippen molar-refractivity contribution in [2.75, 3.05) is 7.05 Å². The zero-order chi connectivity index (χ0) is 15.2. The van der Waals surface area contributed by atoms with Crippen LogP contribution in [0.25, 0.3) is 0 Å². The molecule has 0 atom stereocenters. The maximum atomic E-state index is 13.3. The summed E-state index contributed by atoms with van der Waals surface area (Å²) in [6.45, 7) is 0.827. The molecule has 0 spiro atoms. The molecule has 5 heteroatoms. The van der Waals surface area contributed by atoms with E-state index in [9.17, 15) is 4.39 Å². The molecule has 0 saturated heterocycles. The molecule has 0 unspecified atom stereocenters. The predicted molar refractivity (Wildman–Crippen MR) is 79.7 cm³/mol. The van der Waals surface area contributed by atoms with Crippen LogP contribution in [-0.2, 0) is 13.2 Å². The monoisotopic (exact) mass is 304 g/mol. The molecule has 0 aliphatic rings. The van der Waals surface area contributed by atoms with Crippen LogP contribution < -0.4 is 10.1 Å².